The van der Waals surface area contributed by atoms with Crippen LogP contribution in [0, 0.1) is 0 Å². The summed E-state index contributed by atoms with van der Waals surface area (Å²) in [7, 11) is 0. The predicted octanol–water partition coefficient (Wildman–Crippen LogP) is 4.17. The Kier molecular flexibility index (Phi) is 5.29. The van der Waals surface area contributed by atoms with Gasteiger partial charge in [-0.2, -0.15) is 4.99 Å². The summed E-state index contributed by atoms with van der Waals surface area (Å²) in [6.07, 6.45) is 0. The van der Waals surface area contributed by atoms with Crippen LogP contribution in [0.3, 0.4) is 0 Å². The largest absolute Gasteiger partial charge is 0.350 e. The molecule has 0 saturated carbocycles. The summed E-state index contributed by atoms with van der Waals surface area (Å²) in [5, 5.41) is 3.58. The van der Waals surface area contributed by atoms with E-state index in [2.05, 4.69) is 54.0 Å². The van der Waals surface area contributed by atoms with Gasteiger partial charge in [0.15, 0.2) is 5.17 Å². The second kappa shape index (κ2) is 6.76. The predicted molar refractivity (Wildman–Crippen MR) is 88.0 cm³/mol. The van der Waals surface area contributed by atoms with E-state index < -0.39 is 0 Å². The molecule has 1 fully saturated rings. The average molecular weight is 407 g/mol. The molecular weight excluding hydrogens is 394 g/mol. The Bertz CT molecular complexity index is 501. The maximum absolute atomic E-state index is 12.0. The number of halogens is 2. The van der Waals surface area contributed by atoms with E-state index in [4.69, 9.17) is 0 Å². The lowest BCUT2D eigenvalue weighted by Gasteiger charge is -2.14. The van der Waals surface area contributed by atoms with Crippen LogP contribution in [0.1, 0.15) is 6.92 Å². The minimum atomic E-state index is -0.351. The van der Waals surface area contributed by atoms with Crippen LogP contribution >= 0.6 is 43.6 Å². The van der Waals surface area contributed by atoms with Gasteiger partial charge in [-0.15, -0.1) is 0 Å². The summed E-state index contributed by atoms with van der Waals surface area (Å²) >= 11 is 8.42. The molecule has 0 spiro atoms. The van der Waals surface area contributed by atoms with Crippen molar-refractivity contribution in [2.75, 3.05) is 24.2 Å². The number of benzene rings is 1. The number of rotatable bonds is 2. The van der Waals surface area contributed by atoms with E-state index >= 15 is 0 Å². The zero-order chi connectivity index (χ0) is 13.8. The van der Waals surface area contributed by atoms with E-state index in [1.165, 1.54) is 0 Å². The summed E-state index contributed by atoms with van der Waals surface area (Å²) in [4.78, 5) is 18.2. The molecule has 0 bridgehead atoms. The van der Waals surface area contributed by atoms with Crippen molar-refractivity contribution < 1.29 is 4.79 Å². The van der Waals surface area contributed by atoms with Crippen molar-refractivity contribution in [1.29, 1.82) is 0 Å². The average Bonchev–Trinajstić information content (AvgIpc) is 2.81. The number of hydrogen-bond donors (Lipinski definition) is 1. The molecule has 0 radical (unpaired) electrons. The standard InChI is InChI=1S/C12H13Br2N3OS/c1-2-17-6-7-19-12(17)16-11(18)15-10-8(13)4-3-5-9(10)14/h3-5H,2,6-7H2,1H3,(H,15,18)/b16-12-. The molecule has 1 aliphatic rings. The second-order valence-corrected chi connectivity index (χ2v) is 6.62. The lowest BCUT2D eigenvalue weighted by Crippen LogP contribution is -2.25. The Hall–Kier alpha value is -0.530. The number of hydrogen-bond acceptors (Lipinski definition) is 2. The van der Waals surface area contributed by atoms with E-state index in [-0.39, 0.29) is 6.03 Å². The fourth-order valence-electron chi connectivity index (χ4n) is 1.67. The number of anilines is 1. The number of thioether (sulfide) groups is 1. The molecule has 1 aliphatic heterocycles. The number of amides is 2. The molecule has 0 aliphatic carbocycles. The van der Waals surface area contributed by atoms with Gasteiger partial charge in [0.1, 0.15) is 0 Å². The van der Waals surface area contributed by atoms with E-state index in [0.717, 1.165) is 33.0 Å². The number of aliphatic imine (C=N–C) groups is 1. The molecule has 1 aromatic rings. The van der Waals surface area contributed by atoms with Crippen molar-refractivity contribution in [2.45, 2.75) is 6.92 Å². The van der Waals surface area contributed by atoms with Crippen molar-refractivity contribution in [2.24, 2.45) is 4.99 Å². The van der Waals surface area contributed by atoms with Gasteiger partial charge in [0.05, 0.1) is 5.69 Å². The van der Waals surface area contributed by atoms with Gasteiger partial charge in [-0.25, -0.2) is 4.79 Å². The lowest BCUT2D eigenvalue weighted by molar-refractivity contribution is 0.259. The minimum absolute atomic E-state index is 0.351. The summed E-state index contributed by atoms with van der Waals surface area (Å²) in [5.41, 5.74) is 0.697. The second-order valence-electron chi connectivity index (χ2n) is 3.85. The van der Waals surface area contributed by atoms with Crippen LogP contribution in [0.15, 0.2) is 32.1 Å². The highest BCUT2D eigenvalue weighted by Crippen LogP contribution is 2.30. The molecular formula is C12H13Br2N3OS. The van der Waals surface area contributed by atoms with Crippen molar-refractivity contribution >= 4 is 60.5 Å². The van der Waals surface area contributed by atoms with E-state index in [1.54, 1.807) is 11.8 Å². The fourth-order valence-corrected chi connectivity index (χ4v) is 3.91. The maximum atomic E-state index is 12.0. The maximum Gasteiger partial charge on any atom is 0.347 e. The topological polar surface area (TPSA) is 44.7 Å². The van der Waals surface area contributed by atoms with Crippen LogP contribution in [-0.4, -0.2) is 34.9 Å². The van der Waals surface area contributed by atoms with Crippen LogP contribution in [0.5, 0.6) is 0 Å². The van der Waals surface area contributed by atoms with E-state index in [9.17, 15) is 4.79 Å². The molecule has 2 amide bonds. The lowest BCUT2D eigenvalue weighted by atomic mass is 10.3. The summed E-state index contributed by atoms with van der Waals surface area (Å²) in [6.45, 7) is 3.88. The van der Waals surface area contributed by atoms with Crippen LogP contribution < -0.4 is 5.32 Å². The van der Waals surface area contributed by atoms with Gasteiger partial charge in [0.2, 0.25) is 0 Å². The smallest absolute Gasteiger partial charge is 0.347 e. The third-order valence-corrected chi connectivity index (χ3v) is 4.95. The van der Waals surface area contributed by atoms with E-state index in [1.807, 2.05) is 18.2 Å². The monoisotopic (exact) mass is 405 g/mol. The van der Waals surface area contributed by atoms with Gasteiger partial charge in [-0.3, -0.25) is 0 Å². The Morgan fingerprint density at radius 1 is 1.47 bits per heavy atom. The SMILES string of the molecule is CCN1CCS/C1=N\C(=O)Nc1c(Br)cccc1Br. The molecule has 7 heteroatoms. The Morgan fingerprint density at radius 2 is 2.16 bits per heavy atom. The highest BCUT2D eigenvalue weighted by atomic mass is 79.9. The normalized spacial score (nSPS) is 17.0. The van der Waals surface area contributed by atoms with Gasteiger partial charge in [0, 0.05) is 27.8 Å². The van der Waals surface area contributed by atoms with Gasteiger partial charge < -0.3 is 10.2 Å². The van der Waals surface area contributed by atoms with Gasteiger partial charge in [0.25, 0.3) is 0 Å². The van der Waals surface area contributed by atoms with E-state index in [0.29, 0.717) is 5.69 Å². The number of carbonyl (C=O) groups excluding carboxylic acids is 1. The minimum Gasteiger partial charge on any atom is -0.350 e. The first-order valence-electron chi connectivity index (χ1n) is 5.83. The molecule has 2 rings (SSSR count). The molecule has 1 aromatic carbocycles. The van der Waals surface area contributed by atoms with Crippen molar-refractivity contribution in [3.63, 3.8) is 0 Å². The van der Waals surface area contributed by atoms with Crippen LogP contribution in [-0.2, 0) is 0 Å². The highest BCUT2D eigenvalue weighted by molar-refractivity contribution is 9.11. The third kappa shape index (κ3) is 3.73. The molecule has 0 unspecified atom stereocenters. The van der Waals surface area contributed by atoms with Crippen LogP contribution in [0.2, 0.25) is 0 Å². The summed E-state index contributed by atoms with van der Waals surface area (Å²) in [5.74, 6) is 0.985. The molecule has 4 nitrogen and oxygen atoms in total. The van der Waals surface area contributed by atoms with Gasteiger partial charge in [-0.05, 0) is 50.9 Å². The van der Waals surface area contributed by atoms with Crippen molar-refractivity contribution in [3.05, 3.63) is 27.1 Å². The first-order valence-corrected chi connectivity index (χ1v) is 8.40. The zero-order valence-corrected chi connectivity index (χ0v) is 14.3. The molecule has 0 atom stereocenters. The fraction of sp³-hybridized carbons (Fsp3) is 0.333. The zero-order valence-electron chi connectivity index (χ0n) is 10.3. The van der Waals surface area contributed by atoms with Gasteiger partial charge in [-0.1, -0.05) is 17.8 Å². The number of para-hydroxylation sites is 1. The van der Waals surface area contributed by atoms with Crippen LogP contribution in [0.4, 0.5) is 10.5 Å². The number of amidine groups is 1. The molecule has 19 heavy (non-hydrogen) atoms. The number of nitrogens with zero attached hydrogens (tertiary/aromatic N) is 2. The Morgan fingerprint density at radius 3 is 2.79 bits per heavy atom. The molecule has 0 aromatic heterocycles. The quantitative estimate of drug-likeness (QED) is 0.801. The molecule has 1 N–H and O–H groups in total. The number of carbonyl (C=O) groups is 1. The number of nitrogens with one attached hydrogen (secondary N) is 1. The first-order chi connectivity index (χ1) is 9.11. The molecule has 1 heterocycles. The Balaban J connectivity index is 2.11. The number of urea groups is 1. The summed E-state index contributed by atoms with van der Waals surface area (Å²) < 4.78 is 1.64. The summed E-state index contributed by atoms with van der Waals surface area (Å²) in [6, 6.07) is 5.28. The molecule has 102 valence electrons. The van der Waals surface area contributed by atoms with Crippen molar-refractivity contribution in [3.8, 4) is 0 Å². The highest BCUT2D eigenvalue weighted by Gasteiger charge is 2.19. The third-order valence-electron chi connectivity index (χ3n) is 2.64. The molecule has 1 saturated heterocycles. The van der Waals surface area contributed by atoms with Crippen LogP contribution in [0.25, 0.3) is 0 Å². The Labute approximate surface area is 133 Å². The first kappa shape index (κ1) is 14.9. The van der Waals surface area contributed by atoms with Gasteiger partial charge >= 0.3 is 6.03 Å². The van der Waals surface area contributed by atoms with Crippen molar-refractivity contribution in [1.82, 2.24) is 4.90 Å².